The molecule has 1 amide bonds. The fourth-order valence-electron chi connectivity index (χ4n) is 2.24. The number of hydrogen-bond acceptors (Lipinski definition) is 6. The number of aldehydes is 1. The average molecular weight is 471 g/mol. The van der Waals surface area contributed by atoms with Gasteiger partial charge in [0.2, 0.25) is 10.0 Å². The summed E-state index contributed by atoms with van der Waals surface area (Å²) in [7, 11) is 0.395. The van der Waals surface area contributed by atoms with Gasteiger partial charge in [-0.25, -0.2) is 12.7 Å². The van der Waals surface area contributed by atoms with Crippen molar-refractivity contribution in [2.75, 3.05) is 33.1 Å². The lowest BCUT2D eigenvalue weighted by Gasteiger charge is -2.16. The normalized spacial score (nSPS) is 11.2. The number of hydrogen-bond donors (Lipinski definition) is 1. The molecule has 1 N–H and O–H groups in total. The van der Waals surface area contributed by atoms with Gasteiger partial charge in [0.25, 0.3) is 5.91 Å². The summed E-state index contributed by atoms with van der Waals surface area (Å²) in [6.07, 6.45) is 0.625. The zero-order valence-electron chi connectivity index (χ0n) is 15.4. The van der Waals surface area contributed by atoms with E-state index >= 15 is 0 Å². The number of rotatable bonds is 8. The molecule has 2 aromatic carbocycles. The van der Waals surface area contributed by atoms with Crippen molar-refractivity contribution in [2.45, 2.75) is 4.90 Å². The van der Waals surface area contributed by atoms with Crippen LogP contribution in [0.1, 0.15) is 10.4 Å². The van der Waals surface area contributed by atoms with Crippen LogP contribution in [0.15, 0.2) is 45.8 Å². The van der Waals surface area contributed by atoms with Gasteiger partial charge in [0, 0.05) is 24.3 Å². The van der Waals surface area contributed by atoms with Gasteiger partial charge in [0.15, 0.2) is 12.9 Å². The van der Waals surface area contributed by atoms with Gasteiger partial charge < -0.3 is 14.8 Å². The van der Waals surface area contributed by atoms with Crippen molar-refractivity contribution >= 4 is 43.8 Å². The molecule has 10 heteroatoms. The maximum Gasteiger partial charge on any atom is 0.262 e. The van der Waals surface area contributed by atoms with Gasteiger partial charge in [-0.15, -0.1) is 0 Å². The van der Waals surface area contributed by atoms with Gasteiger partial charge in [-0.2, -0.15) is 0 Å². The summed E-state index contributed by atoms with van der Waals surface area (Å²) in [6.45, 7) is -0.357. The zero-order chi connectivity index (χ0) is 20.9. The number of benzene rings is 2. The Bertz CT molecular complexity index is 992. The summed E-state index contributed by atoms with van der Waals surface area (Å²) in [5, 5.41) is 2.56. The minimum absolute atomic E-state index is 0.0742. The number of carbonyl (C=O) groups is 2. The molecule has 8 nitrogen and oxygen atoms in total. The molecular weight excluding hydrogens is 452 g/mol. The lowest BCUT2D eigenvalue weighted by molar-refractivity contribution is -0.118. The second kappa shape index (κ2) is 9.18. The van der Waals surface area contributed by atoms with Gasteiger partial charge in [-0.1, -0.05) is 15.9 Å². The Morgan fingerprint density at radius 3 is 2.46 bits per heavy atom. The van der Waals surface area contributed by atoms with Crippen LogP contribution in [-0.2, 0) is 14.8 Å². The second-order valence-electron chi connectivity index (χ2n) is 5.79. The van der Waals surface area contributed by atoms with Crippen LogP contribution in [0.4, 0.5) is 5.69 Å². The molecule has 0 spiro atoms. The first-order chi connectivity index (χ1) is 13.2. The largest absolute Gasteiger partial charge is 0.495 e. The summed E-state index contributed by atoms with van der Waals surface area (Å²) in [5.74, 6) is -0.0921. The Hall–Kier alpha value is -2.43. The number of anilines is 1. The quantitative estimate of drug-likeness (QED) is 0.594. The molecule has 0 heterocycles. The van der Waals surface area contributed by atoms with E-state index in [-0.39, 0.29) is 28.7 Å². The molecule has 0 saturated heterocycles. The van der Waals surface area contributed by atoms with E-state index in [4.69, 9.17) is 9.47 Å². The monoisotopic (exact) mass is 470 g/mol. The first-order valence-electron chi connectivity index (χ1n) is 7.97. The molecule has 2 rings (SSSR count). The van der Waals surface area contributed by atoms with Crippen LogP contribution in [-0.4, -0.2) is 52.7 Å². The summed E-state index contributed by atoms with van der Waals surface area (Å²) in [5.41, 5.74) is 0.562. The van der Waals surface area contributed by atoms with Crippen LogP contribution >= 0.6 is 15.9 Å². The minimum Gasteiger partial charge on any atom is -0.495 e. The Morgan fingerprint density at radius 1 is 1.18 bits per heavy atom. The smallest absolute Gasteiger partial charge is 0.262 e. The summed E-state index contributed by atoms with van der Waals surface area (Å²) >= 11 is 3.25. The molecule has 0 bridgehead atoms. The highest BCUT2D eigenvalue weighted by Crippen LogP contribution is 2.29. The molecule has 150 valence electrons. The highest BCUT2D eigenvalue weighted by atomic mass is 79.9. The topological polar surface area (TPSA) is 102 Å². The Balaban J connectivity index is 2.15. The van der Waals surface area contributed by atoms with Crippen molar-refractivity contribution in [3.05, 3.63) is 46.4 Å². The number of halogens is 1. The molecule has 0 aromatic heterocycles. The van der Waals surface area contributed by atoms with Gasteiger partial charge in [-0.3, -0.25) is 9.59 Å². The van der Waals surface area contributed by atoms with E-state index in [1.165, 1.54) is 39.4 Å². The number of nitrogens with zero attached hydrogens (tertiary/aromatic N) is 1. The van der Waals surface area contributed by atoms with Crippen molar-refractivity contribution in [2.24, 2.45) is 0 Å². The van der Waals surface area contributed by atoms with Crippen LogP contribution < -0.4 is 14.8 Å². The van der Waals surface area contributed by atoms with Crippen LogP contribution in [0.2, 0.25) is 0 Å². The van der Waals surface area contributed by atoms with E-state index in [2.05, 4.69) is 21.2 Å². The lowest BCUT2D eigenvalue weighted by atomic mass is 10.2. The van der Waals surface area contributed by atoms with Gasteiger partial charge in [0.1, 0.15) is 16.4 Å². The molecule has 0 atom stereocenters. The number of ether oxygens (including phenoxy) is 2. The maximum absolute atomic E-state index is 12.4. The minimum atomic E-state index is -3.76. The predicted molar refractivity (Wildman–Crippen MR) is 108 cm³/mol. The van der Waals surface area contributed by atoms with Gasteiger partial charge in [0.05, 0.1) is 12.7 Å². The van der Waals surface area contributed by atoms with E-state index in [9.17, 15) is 18.0 Å². The molecule has 0 aliphatic carbocycles. The van der Waals surface area contributed by atoms with Crippen molar-refractivity contribution in [3.63, 3.8) is 0 Å². The number of amides is 1. The fraction of sp³-hybridized carbons (Fsp3) is 0.222. The Kier molecular flexibility index (Phi) is 7.17. The van der Waals surface area contributed by atoms with E-state index in [1.807, 2.05) is 0 Å². The summed E-state index contributed by atoms with van der Waals surface area (Å²) < 4.78 is 37.1. The van der Waals surface area contributed by atoms with Crippen LogP contribution in [0, 0.1) is 0 Å². The molecule has 2 aromatic rings. The molecule has 0 aliphatic heterocycles. The summed E-state index contributed by atoms with van der Waals surface area (Å²) in [6, 6.07) is 9.09. The standard InChI is InChI=1S/C18H19BrN2O6S/c1-21(2)28(24,25)17-9-14(5-7-16(17)26-3)20-18(23)11-27-15-6-4-13(19)8-12(15)10-22/h4-10H,11H2,1-3H3,(H,20,23). The van der Waals surface area contributed by atoms with Crippen molar-refractivity contribution in [1.29, 1.82) is 0 Å². The lowest BCUT2D eigenvalue weighted by Crippen LogP contribution is -2.24. The molecule has 0 unspecified atom stereocenters. The first kappa shape index (κ1) is 21.9. The van der Waals surface area contributed by atoms with Crippen molar-refractivity contribution < 1.29 is 27.5 Å². The first-order valence-corrected chi connectivity index (χ1v) is 10.2. The zero-order valence-corrected chi connectivity index (χ0v) is 17.8. The van der Waals surface area contributed by atoms with Crippen molar-refractivity contribution in [1.82, 2.24) is 4.31 Å². The number of sulfonamides is 1. The molecule has 0 radical (unpaired) electrons. The number of nitrogens with one attached hydrogen (secondary N) is 1. The van der Waals surface area contributed by atoms with E-state index in [1.54, 1.807) is 18.2 Å². The molecule has 0 aliphatic rings. The van der Waals surface area contributed by atoms with Crippen LogP contribution in [0.25, 0.3) is 0 Å². The van der Waals surface area contributed by atoms with Crippen LogP contribution in [0.3, 0.4) is 0 Å². The Labute approximate surface area is 171 Å². The third-order valence-corrected chi connectivity index (χ3v) is 5.99. The molecular formula is C18H19BrN2O6S. The van der Waals surface area contributed by atoms with Crippen LogP contribution in [0.5, 0.6) is 11.5 Å². The average Bonchev–Trinajstić information content (AvgIpc) is 2.66. The van der Waals surface area contributed by atoms with Crippen molar-refractivity contribution in [3.8, 4) is 11.5 Å². The number of methoxy groups -OCH3 is 1. The highest BCUT2D eigenvalue weighted by molar-refractivity contribution is 9.10. The van der Waals surface area contributed by atoms with E-state index < -0.39 is 15.9 Å². The van der Waals surface area contributed by atoms with Gasteiger partial charge in [-0.05, 0) is 36.4 Å². The fourth-order valence-corrected chi connectivity index (χ4v) is 3.69. The van der Waals surface area contributed by atoms with E-state index in [0.717, 1.165) is 4.31 Å². The summed E-state index contributed by atoms with van der Waals surface area (Å²) in [4.78, 5) is 23.2. The maximum atomic E-state index is 12.4. The third-order valence-electron chi connectivity index (χ3n) is 3.66. The van der Waals surface area contributed by atoms with E-state index in [0.29, 0.717) is 16.3 Å². The SMILES string of the molecule is COc1ccc(NC(=O)COc2ccc(Br)cc2C=O)cc1S(=O)(=O)N(C)C. The predicted octanol–water partition coefficient (Wildman–Crippen LogP) is 2.54. The highest BCUT2D eigenvalue weighted by Gasteiger charge is 2.23. The third kappa shape index (κ3) is 5.09. The Morgan fingerprint density at radius 2 is 1.86 bits per heavy atom. The molecule has 28 heavy (non-hydrogen) atoms. The number of carbonyl (C=O) groups excluding carboxylic acids is 2. The molecule has 0 saturated carbocycles. The second-order valence-corrected chi connectivity index (χ2v) is 8.83. The molecule has 0 fully saturated rings. The van der Waals surface area contributed by atoms with Gasteiger partial charge >= 0.3 is 0 Å².